The summed E-state index contributed by atoms with van der Waals surface area (Å²) in [5.74, 6) is -3.56. The minimum absolute atomic E-state index is 0.0223. The largest absolute Gasteiger partial charge is 0.384 e. The number of hydrogen-bond acceptors (Lipinski definition) is 19. The van der Waals surface area contributed by atoms with Crippen LogP contribution in [-0.4, -0.2) is 121 Å². The van der Waals surface area contributed by atoms with Crippen LogP contribution in [0.1, 0.15) is 112 Å². The van der Waals surface area contributed by atoms with Crippen LogP contribution in [0.3, 0.4) is 0 Å². The van der Waals surface area contributed by atoms with E-state index in [0.29, 0.717) is 47.5 Å². The summed E-state index contributed by atoms with van der Waals surface area (Å²) in [5, 5.41) is 22.0. The first-order valence-electron chi connectivity index (χ1n) is 37.1. The molecule has 0 aliphatic carbocycles. The molecule has 10 aromatic carbocycles. The van der Waals surface area contributed by atoms with E-state index in [-0.39, 0.29) is 45.0 Å². The van der Waals surface area contributed by atoms with Crippen LogP contribution >= 0.6 is 0 Å². The molecular weight excluding hydrogens is 1700 g/mol. The van der Waals surface area contributed by atoms with Gasteiger partial charge in [0.25, 0.3) is 84.3 Å². The van der Waals surface area contributed by atoms with Crippen molar-refractivity contribution >= 4 is 179 Å². The minimum Gasteiger partial charge on any atom is -0.384 e. The standard InChI is InChI=1S/C51H40N6O23S6.C32H42N4/c1-25-9-11-29(49(60)54-37-13-15-41(83(69,70)71)35-21-33(81(63,64)65)23-43(45(35)37)85(75,76)77)19-39(25)56-47(58)27-5-3-7-31(17-27)52-51(62)53-32-8-4-6-28(18-32)48(59)57-40-20-30(12-10-26(40)2)50(61)55-38-14-16-42(84(72,73)74)36-22-34(82(66,67)68)24-44(46(36)38)86(78,79)80;1-21-13-15-23(3)31-29(21)27(19-25(5)35(31)7)33-17-11-9-10-12-18-34-28-20-26(6)36(8)32-24(4)16-14-22(2)30(28)32/h3-24H,1-2H3,(H,54,60)(H,55,61)(H,56,58)(H,57,59)(H2,52,53,62)(H,63,64,65)(H,66,67,68)(H,69,70,71)(H,72,73,74)(H,75,76,77)(H,78,79,80);13-16,19-20H,9-12,17-18H2,1-8H3/p+2. The molecule has 0 saturated heterocycles. The van der Waals surface area contributed by atoms with Gasteiger partial charge in [0.15, 0.2) is 11.4 Å². The minimum atomic E-state index is -5.45. The second-order valence-corrected chi connectivity index (χ2v) is 37.4. The molecule has 2 aromatic heterocycles. The lowest BCUT2D eigenvalue weighted by molar-refractivity contribution is -0.651. The maximum atomic E-state index is 13.7. The van der Waals surface area contributed by atoms with Crippen LogP contribution in [0, 0.1) is 55.4 Å². The summed E-state index contributed by atoms with van der Waals surface area (Å²) in [6, 6.07) is 36.1. The van der Waals surface area contributed by atoms with Crippen LogP contribution in [0.2, 0.25) is 0 Å². The number of hydrogen-bond donors (Lipinski definition) is 14. The van der Waals surface area contributed by atoms with Crippen molar-refractivity contribution in [1.82, 2.24) is 0 Å². The highest BCUT2D eigenvalue weighted by atomic mass is 32.2. The monoisotopic (exact) mass is 1780 g/mol. The normalized spacial score (nSPS) is 12.0. The number of anilines is 8. The van der Waals surface area contributed by atoms with Gasteiger partial charge in [-0.05, 0) is 186 Å². The van der Waals surface area contributed by atoms with Crippen molar-refractivity contribution in [2.45, 2.75) is 110 Å². The Hall–Kier alpha value is -12.3. The topological polar surface area (TPSA) is 516 Å². The smallest absolute Gasteiger partial charge is 0.323 e. The molecule has 0 unspecified atom stereocenters. The maximum absolute atomic E-state index is 13.7. The van der Waals surface area contributed by atoms with Gasteiger partial charge < -0.3 is 42.5 Å². The molecule has 0 bridgehead atoms. The van der Waals surface area contributed by atoms with Crippen molar-refractivity contribution in [3.8, 4) is 0 Å². The average molecular weight is 1780 g/mol. The van der Waals surface area contributed by atoms with Gasteiger partial charge in [-0.2, -0.15) is 59.6 Å². The number of aryl methyl sites for hydroxylation is 10. The van der Waals surface area contributed by atoms with Gasteiger partial charge in [-0.1, -0.05) is 61.4 Å². The summed E-state index contributed by atoms with van der Waals surface area (Å²) < 4.78 is 211. The van der Waals surface area contributed by atoms with E-state index in [2.05, 4.69) is 144 Å². The third kappa shape index (κ3) is 20.5. The molecule has 0 saturated carbocycles. The molecule has 0 aliphatic rings. The highest BCUT2D eigenvalue weighted by Gasteiger charge is 2.31. The number of nitrogens with one attached hydrogen (secondary N) is 8. The van der Waals surface area contributed by atoms with Crippen molar-refractivity contribution < 1.29 is 111 Å². The molecule has 39 heteroatoms. The second-order valence-electron chi connectivity index (χ2n) is 29.0. The molecule has 12 rings (SSSR count). The zero-order chi connectivity index (χ0) is 89.4. The molecule has 0 atom stereocenters. The Kier molecular flexibility index (Phi) is 26.3. The number of urea groups is 1. The van der Waals surface area contributed by atoms with E-state index < -0.39 is 153 Å². The highest BCUT2D eigenvalue weighted by Crippen LogP contribution is 2.41. The van der Waals surface area contributed by atoms with Crippen LogP contribution in [0.4, 0.5) is 50.3 Å². The molecule has 12 aromatic rings. The second kappa shape index (κ2) is 35.4. The van der Waals surface area contributed by atoms with Gasteiger partial charge >= 0.3 is 6.03 Å². The molecule has 14 N–H and O–H groups in total. The molecular formula is C83H84N10O23S6+2. The number of pyridine rings is 2. The molecule has 0 fully saturated rings. The van der Waals surface area contributed by atoms with E-state index in [9.17, 15) is 102 Å². The predicted octanol–water partition coefficient (Wildman–Crippen LogP) is 13.3. The van der Waals surface area contributed by atoms with Crippen LogP contribution in [0.25, 0.3) is 43.4 Å². The number of fused-ring (bicyclic) bond motifs is 4. The number of carbonyl (C=O) groups excluding carboxylic acids is 5. The van der Waals surface area contributed by atoms with Crippen molar-refractivity contribution in [3.63, 3.8) is 0 Å². The van der Waals surface area contributed by atoms with Gasteiger partial charge in [0.2, 0.25) is 11.0 Å². The first-order valence-corrected chi connectivity index (χ1v) is 45.7. The Morgan fingerprint density at radius 2 is 0.615 bits per heavy atom. The number of unbranched alkanes of at least 4 members (excludes halogenated alkanes) is 3. The predicted molar refractivity (Wildman–Crippen MR) is 461 cm³/mol. The van der Waals surface area contributed by atoms with E-state index in [0.717, 1.165) is 25.2 Å². The molecule has 6 amide bonds. The van der Waals surface area contributed by atoms with E-state index in [1.54, 1.807) is 13.8 Å². The summed E-state index contributed by atoms with van der Waals surface area (Å²) in [6.45, 7) is 18.4. The number of amides is 6. The van der Waals surface area contributed by atoms with Gasteiger partial charge in [-0.3, -0.25) is 46.5 Å². The lowest BCUT2D eigenvalue weighted by Gasteiger charge is -2.16. The Morgan fingerprint density at radius 3 is 0.951 bits per heavy atom. The van der Waals surface area contributed by atoms with Gasteiger partial charge in [-0.15, -0.1) is 0 Å². The van der Waals surface area contributed by atoms with Crippen LogP contribution < -0.4 is 51.7 Å². The summed E-state index contributed by atoms with van der Waals surface area (Å²) >= 11 is 0. The van der Waals surface area contributed by atoms with Crippen molar-refractivity contribution in [2.75, 3.05) is 55.6 Å². The molecule has 0 radical (unpaired) electrons. The lowest BCUT2D eigenvalue weighted by Crippen LogP contribution is -2.34. The van der Waals surface area contributed by atoms with Gasteiger partial charge in [0.1, 0.15) is 33.7 Å². The third-order valence-corrected chi connectivity index (χ3v) is 25.6. The maximum Gasteiger partial charge on any atom is 0.323 e. The van der Waals surface area contributed by atoms with Gasteiger partial charge in [0, 0.05) is 117 Å². The fraction of sp³-hybridized carbons (Fsp3) is 0.193. The number of rotatable bonds is 25. The Labute approximate surface area is 702 Å². The van der Waals surface area contributed by atoms with E-state index >= 15 is 0 Å². The molecule has 33 nitrogen and oxygen atoms in total. The number of aromatic nitrogens is 2. The Morgan fingerprint density at radius 1 is 0.295 bits per heavy atom. The Bertz CT molecular complexity index is 6730. The molecule has 0 aliphatic heterocycles. The van der Waals surface area contributed by atoms with Crippen molar-refractivity contribution in [2.24, 2.45) is 14.1 Å². The van der Waals surface area contributed by atoms with E-state index in [4.69, 9.17) is 0 Å². The number of benzene rings is 10. The summed E-state index contributed by atoms with van der Waals surface area (Å²) in [4.78, 5) is 60.8. The fourth-order valence-electron chi connectivity index (χ4n) is 14.1. The Balaban J connectivity index is 0.000000334. The summed E-state index contributed by atoms with van der Waals surface area (Å²) in [6.07, 6.45) is 4.86. The van der Waals surface area contributed by atoms with Crippen LogP contribution in [0.5, 0.6) is 0 Å². The SMILES string of the molecule is Cc1ccc(C(=O)Nc2ccc(S(=O)(=O)O)c3cc(S(=O)(=O)O)cc(S(=O)(=O)O)c23)cc1NC(=O)c1cccc(NC(=O)Nc2cccc(C(=O)Nc3cc(C(=O)Nc4ccc(S(=O)(=O)O)c5cc(S(=O)(=O)O)cc(S(=O)(=O)O)c45)ccc3C)c2)c1.Cc1ccc(C)c2c1c(NCCCCCCNc1cc(C)[n+](C)c3c(C)ccc(C)c13)cc(C)[n+]2C. The fourth-order valence-corrected chi connectivity index (χ4v) is 18.2. The van der Waals surface area contributed by atoms with E-state index in [1.807, 2.05) is 0 Å². The number of nitrogens with zero attached hydrogens (tertiary/aromatic N) is 2. The molecule has 0 spiro atoms. The van der Waals surface area contributed by atoms with Crippen molar-refractivity contribution in [3.05, 3.63) is 237 Å². The van der Waals surface area contributed by atoms with Gasteiger partial charge in [-0.25, -0.2) is 4.79 Å². The first-order chi connectivity index (χ1) is 57.0. The highest BCUT2D eigenvalue weighted by molar-refractivity contribution is 7.88. The van der Waals surface area contributed by atoms with Crippen molar-refractivity contribution in [1.29, 1.82) is 0 Å². The van der Waals surface area contributed by atoms with Crippen LogP contribution in [0.15, 0.2) is 199 Å². The van der Waals surface area contributed by atoms with Crippen LogP contribution in [-0.2, 0) is 74.8 Å². The number of carbonyl (C=O) groups is 5. The zero-order valence-electron chi connectivity index (χ0n) is 66.9. The lowest BCUT2D eigenvalue weighted by atomic mass is 10.0. The molecule has 638 valence electrons. The summed E-state index contributed by atoms with van der Waals surface area (Å²) in [7, 11) is -27.5. The summed E-state index contributed by atoms with van der Waals surface area (Å²) in [5.41, 5.74) is 12.7. The zero-order valence-corrected chi connectivity index (χ0v) is 71.8. The average Bonchev–Trinajstić information content (AvgIpc) is 0.750. The van der Waals surface area contributed by atoms with Gasteiger partial charge in [0.05, 0.1) is 43.3 Å². The van der Waals surface area contributed by atoms with E-state index in [1.165, 1.54) is 177 Å². The quantitative estimate of drug-likeness (QED) is 0.0144. The third-order valence-electron chi connectivity index (χ3n) is 20.4. The first kappa shape index (κ1) is 90.5. The molecule has 2 heterocycles. The molecule has 122 heavy (non-hydrogen) atoms.